The molecule has 1 aliphatic rings. The first kappa shape index (κ1) is 17.1. The minimum atomic E-state index is -0.0528. The number of hydrogen-bond donors (Lipinski definition) is 2. The third-order valence-corrected chi connectivity index (χ3v) is 5.71. The van der Waals surface area contributed by atoms with E-state index in [1.807, 2.05) is 35.7 Å². The molecule has 0 unspecified atom stereocenters. The molecule has 0 radical (unpaired) electrons. The van der Waals surface area contributed by atoms with Gasteiger partial charge in [-0.3, -0.25) is 4.79 Å². The fourth-order valence-electron chi connectivity index (χ4n) is 2.94. The molecule has 1 saturated carbocycles. The molecule has 26 heavy (non-hydrogen) atoms. The summed E-state index contributed by atoms with van der Waals surface area (Å²) in [5, 5.41) is 8.88. The van der Waals surface area contributed by atoms with Crippen molar-refractivity contribution in [2.75, 3.05) is 10.6 Å². The molecule has 0 atom stereocenters. The van der Waals surface area contributed by atoms with E-state index in [4.69, 9.17) is 11.6 Å². The summed E-state index contributed by atoms with van der Waals surface area (Å²) in [5.74, 6) is 0.512. The minimum Gasteiger partial charge on any atom is -0.380 e. The molecular formula is C21H19ClN2OS. The van der Waals surface area contributed by atoms with Crippen LogP contribution in [-0.2, 0) is 6.54 Å². The second-order valence-electron chi connectivity index (χ2n) is 6.47. The molecule has 0 saturated heterocycles. The van der Waals surface area contributed by atoms with Gasteiger partial charge in [-0.05, 0) is 59.5 Å². The molecule has 2 N–H and O–H groups in total. The van der Waals surface area contributed by atoms with Gasteiger partial charge in [0, 0.05) is 12.2 Å². The summed E-state index contributed by atoms with van der Waals surface area (Å²) in [5.41, 5.74) is 3.93. The Bertz CT molecular complexity index is 919. The second kappa shape index (κ2) is 7.52. The van der Waals surface area contributed by atoms with Gasteiger partial charge in [0.1, 0.15) is 0 Å². The van der Waals surface area contributed by atoms with Crippen molar-refractivity contribution < 1.29 is 4.79 Å². The van der Waals surface area contributed by atoms with Crippen molar-refractivity contribution in [3.05, 3.63) is 81.0 Å². The number of nitrogens with one attached hydrogen (secondary N) is 2. The monoisotopic (exact) mass is 382 g/mol. The summed E-state index contributed by atoms with van der Waals surface area (Å²) < 4.78 is 0. The van der Waals surface area contributed by atoms with Crippen LogP contribution in [-0.4, -0.2) is 5.91 Å². The summed E-state index contributed by atoms with van der Waals surface area (Å²) in [6, 6.07) is 17.8. The van der Waals surface area contributed by atoms with Crippen LogP contribution < -0.4 is 10.6 Å². The summed E-state index contributed by atoms with van der Waals surface area (Å²) in [6.45, 7) is 0.701. The third-order valence-electron chi connectivity index (χ3n) is 4.47. The maximum atomic E-state index is 12.6. The Hall–Kier alpha value is -2.30. The van der Waals surface area contributed by atoms with Gasteiger partial charge in [0.05, 0.1) is 15.6 Å². The minimum absolute atomic E-state index is 0.0528. The number of carbonyl (C=O) groups excluding carboxylic acids is 1. The van der Waals surface area contributed by atoms with Gasteiger partial charge in [0.2, 0.25) is 0 Å². The average Bonchev–Trinajstić information content (AvgIpc) is 3.38. The van der Waals surface area contributed by atoms with Crippen molar-refractivity contribution in [2.24, 2.45) is 0 Å². The average molecular weight is 383 g/mol. The van der Waals surface area contributed by atoms with E-state index in [0.717, 1.165) is 10.6 Å². The highest BCUT2D eigenvalue weighted by Crippen LogP contribution is 2.43. The molecule has 1 amide bonds. The zero-order valence-electron chi connectivity index (χ0n) is 14.2. The lowest BCUT2D eigenvalue weighted by atomic mass is 10.1. The van der Waals surface area contributed by atoms with E-state index < -0.39 is 0 Å². The maximum Gasteiger partial charge on any atom is 0.266 e. The van der Waals surface area contributed by atoms with Crippen molar-refractivity contribution in [2.45, 2.75) is 25.3 Å². The van der Waals surface area contributed by atoms with Crippen molar-refractivity contribution in [3.63, 3.8) is 0 Å². The van der Waals surface area contributed by atoms with Gasteiger partial charge in [-0.25, -0.2) is 0 Å². The molecule has 0 spiro atoms. The van der Waals surface area contributed by atoms with Gasteiger partial charge in [0.15, 0.2) is 0 Å². The van der Waals surface area contributed by atoms with Crippen LogP contribution in [0.25, 0.3) is 0 Å². The van der Waals surface area contributed by atoms with Gasteiger partial charge in [-0.15, -0.1) is 11.3 Å². The first-order chi connectivity index (χ1) is 12.7. The Morgan fingerprint density at radius 2 is 1.92 bits per heavy atom. The lowest BCUT2D eigenvalue weighted by molar-refractivity contribution is 0.102. The molecule has 1 aliphatic carbocycles. The number of halogens is 1. The van der Waals surface area contributed by atoms with Crippen LogP contribution in [0.15, 0.2) is 60.0 Å². The van der Waals surface area contributed by atoms with Crippen molar-refractivity contribution in [3.8, 4) is 0 Å². The Morgan fingerprint density at radius 3 is 2.65 bits per heavy atom. The highest BCUT2D eigenvalue weighted by atomic mass is 35.5. The number of carbonyl (C=O) groups is 1. The highest BCUT2D eigenvalue weighted by molar-refractivity contribution is 7.12. The predicted molar refractivity (Wildman–Crippen MR) is 109 cm³/mol. The van der Waals surface area contributed by atoms with Gasteiger partial charge < -0.3 is 10.6 Å². The Morgan fingerprint density at radius 1 is 1.12 bits per heavy atom. The summed E-state index contributed by atoms with van der Waals surface area (Å²) in [7, 11) is 0. The van der Waals surface area contributed by atoms with E-state index in [1.165, 1.54) is 35.3 Å². The fourth-order valence-corrected chi connectivity index (χ4v) is 4.06. The number of thiophene rings is 1. The SMILES string of the molecule is O=C(Nc1ccc(NCc2ccccc2)c(Cl)c1)c1sccc1C1CC1. The highest BCUT2D eigenvalue weighted by Gasteiger charge is 2.28. The van der Waals surface area contributed by atoms with Crippen LogP contribution in [0.2, 0.25) is 5.02 Å². The third kappa shape index (κ3) is 3.92. The zero-order chi connectivity index (χ0) is 17.9. The normalized spacial score (nSPS) is 13.4. The largest absolute Gasteiger partial charge is 0.380 e. The molecule has 0 aliphatic heterocycles. The molecule has 1 fully saturated rings. The summed E-state index contributed by atoms with van der Waals surface area (Å²) in [6.07, 6.45) is 2.37. The molecule has 132 valence electrons. The molecule has 0 bridgehead atoms. The van der Waals surface area contributed by atoms with Gasteiger partial charge in [-0.1, -0.05) is 41.9 Å². The molecule has 3 aromatic rings. The summed E-state index contributed by atoms with van der Waals surface area (Å²) in [4.78, 5) is 13.4. The first-order valence-electron chi connectivity index (χ1n) is 8.67. The van der Waals surface area contributed by atoms with E-state index in [9.17, 15) is 4.79 Å². The summed E-state index contributed by atoms with van der Waals surface area (Å²) >= 11 is 7.89. The molecule has 1 heterocycles. The lowest BCUT2D eigenvalue weighted by Gasteiger charge is -2.11. The molecule has 3 nitrogen and oxygen atoms in total. The van der Waals surface area contributed by atoms with E-state index in [2.05, 4.69) is 28.8 Å². The number of benzene rings is 2. The fraction of sp³-hybridized carbons (Fsp3) is 0.190. The smallest absolute Gasteiger partial charge is 0.266 e. The van der Waals surface area contributed by atoms with Crippen LogP contribution in [0.1, 0.15) is 39.6 Å². The first-order valence-corrected chi connectivity index (χ1v) is 9.92. The van der Waals surface area contributed by atoms with Crippen LogP contribution >= 0.6 is 22.9 Å². The van der Waals surface area contributed by atoms with Crippen LogP contribution in [0.5, 0.6) is 0 Å². The van der Waals surface area contributed by atoms with E-state index in [0.29, 0.717) is 23.2 Å². The molecule has 4 rings (SSSR count). The molecule has 5 heteroatoms. The Balaban J connectivity index is 1.42. The topological polar surface area (TPSA) is 41.1 Å². The number of hydrogen-bond acceptors (Lipinski definition) is 3. The maximum absolute atomic E-state index is 12.6. The van der Waals surface area contributed by atoms with Gasteiger partial charge in [0.25, 0.3) is 5.91 Å². The van der Waals surface area contributed by atoms with E-state index in [-0.39, 0.29) is 5.91 Å². The van der Waals surface area contributed by atoms with Gasteiger partial charge in [-0.2, -0.15) is 0 Å². The number of rotatable bonds is 6. The number of anilines is 2. The van der Waals surface area contributed by atoms with Crippen molar-refractivity contribution in [1.29, 1.82) is 0 Å². The van der Waals surface area contributed by atoms with Crippen LogP contribution in [0, 0.1) is 0 Å². The second-order valence-corrected chi connectivity index (χ2v) is 7.79. The van der Waals surface area contributed by atoms with Crippen molar-refractivity contribution >= 4 is 40.2 Å². The van der Waals surface area contributed by atoms with Crippen LogP contribution in [0.4, 0.5) is 11.4 Å². The Kier molecular flexibility index (Phi) is 4.96. The zero-order valence-corrected chi connectivity index (χ0v) is 15.7. The van der Waals surface area contributed by atoms with E-state index >= 15 is 0 Å². The lowest BCUT2D eigenvalue weighted by Crippen LogP contribution is -2.12. The van der Waals surface area contributed by atoms with Crippen LogP contribution in [0.3, 0.4) is 0 Å². The Labute approximate surface area is 162 Å². The van der Waals surface area contributed by atoms with Gasteiger partial charge >= 0.3 is 0 Å². The standard InChI is InChI=1S/C21H19ClN2OS/c22-18-12-16(8-9-19(18)23-13-14-4-2-1-3-5-14)24-21(25)20-17(10-11-26-20)15-6-7-15/h1-5,8-12,15,23H,6-7,13H2,(H,24,25). The molecule has 1 aromatic heterocycles. The predicted octanol–water partition coefficient (Wildman–Crippen LogP) is 6.14. The number of amides is 1. The van der Waals surface area contributed by atoms with E-state index in [1.54, 1.807) is 6.07 Å². The molecular weight excluding hydrogens is 364 g/mol. The quantitative estimate of drug-likeness (QED) is 0.537. The molecule has 2 aromatic carbocycles. The van der Waals surface area contributed by atoms with Crippen molar-refractivity contribution in [1.82, 2.24) is 0 Å².